The van der Waals surface area contributed by atoms with Crippen molar-refractivity contribution in [3.63, 3.8) is 0 Å². The van der Waals surface area contributed by atoms with Crippen molar-refractivity contribution in [1.82, 2.24) is 5.32 Å². The summed E-state index contributed by atoms with van der Waals surface area (Å²) in [5, 5.41) is 3.20. The molecule has 1 aromatic rings. The van der Waals surface area contributed by atoms with Gasteiger partial charge < -0.3 is 10.2 Å². The Morgan fingerprint density at radius 2 is 2.11 bits per heavy atom. The van der Waals surface area contributed by atoms with Gasteiger partial charge in [0.1, 0.15) is 5.82 Å². The van der Waals surface area contributed by atoms with Gasteiger partial charge in [-0.25, -0.2) is 4.39 Å². The first-order chi connectivity index (χ1) is 8.52. The van der Waals surface area contributed by atoms with Gasteiger partial charge in [-0.3, -0.25) is 0 Å². The van der Waals surface area contributed by atoms with Crippen LogP contribution in [0.15, 0.2) is 12.1 Å². The minimum Gasteiger partial charge on any atom is -0.374 e. The first-order valence-corrected chi connectivity index (χ1v) is 6.71. The van der Waals surface area contributed by atoms with E-state index in [1.54, 1.807) is 6.07 Å². The molecule has 1 aliphatic carbocycles. The summed E-state index contributed by atoms with van der Waals surface area (Å²) >= 11 is 0. The summed E-state index contributed by atoms with van der Waals surface area (Å²) < 4.78 is 13.7. The van der Waals surface area contributed by atoms with Crippen LogP contribution in [0.5, 0.6) is 0 Å². The van der Waals surface area contributed by atoms with Gasteiger partial charge in [0.25, 0.3) is 0 Å². The topological polar surface area (TPSA) is 15.3 Å². The Balaban J connectivity index is 2.32. The van der Waals surface area contributed by atoms with Gasteiger partial charge >= 0.3 is 0 Å². The van der Waals surface area contributed by atoms with Crippen molar-refractivity contribution in [2.45, 2.75) is 32.7 Å². The minimum atomic E-state index is -0.115. The summed E-state index contributed by atoms with van der Waals surface area (Å²) in [7, 11) is 4.02. The van der Waals surface area contributed by atoms with Crippen LogP contribution in [0.3, 0.4) is 0 Å². The van der Waals surface area contributed by atoms with Crippen LogP contribution in [0.2, 0.25) is 0 Å². The molecule has 0 saturated heterocycles. The molecule has 1 fully saturated rings. The Morgan fingerprint density at radius 3 is 2.67 bits per heavy atom. The average molecular weight is 250 g/mol. The molecule has 2 rings (SSSR count). The van der Waals surface area contributed by atoms with Crippen molar-refractivity contribution in [3.05, 3.63) is 29.1 Å². The maximum Gasteiger partial charge on any atom is 0.126 e. The molecular formula is C15H23FN2. The van der Waals surface area contributed by atoms with E-state index in [0.717, 1.165) is 29.3 Å². The Labute approximate surface area is 109 Å². The van der Waals surface area contributed by atoms with E-state index >= 15 is 0 Å². The summed E-state index contributed by atoms with van der Waals surface area (Å²) in [5.41, 5.74) is 2.92. The summed E-state index contributed by atoms with van der Waals surface area (Å²) in [6, 6.07) is 3.81. The lowest BCUT2D eigenvalue weighted by Crippen LogP contribution is -2.24. The fourth-order valence-electron chi connectivity index (χ4n) is 2.30. The van der Waals surface area contributed by atoms with Crippen molar-refractivity contribution in [3.8, 4) is 0 Å². The van der Waals surface area contributed by atoms with Gasteiger partial charge in [0.15, 0.2) is 0 Å². The molecule has 0 amide bonds. The third-order valence-electron chi connectivity index (χ3n) is 3.85. The normalized spacial score (nSPS) is 16.7. The number of aryl methyl sites for hydroxylation is 1. The predicted octanol–water partition coefficient (Wildman–Crippen LogP) is 3.26. The second-order valence-corrected chi connectivity index (χ2v) is 5.49. The zero-order valence-electron chi connectivity index (χ0n) is 11.8. The molecule has 0 spiro atoms. The molecule has 1 N–H and O–H groups in total. The molecular weight excluding hydrogens is 227 g/mol. The summed E-state index contributed by atoms with van der Waals surface area (Å²) in [5.74, 6) is 0.716. The van der Waals surface area contributed by atoms with Crippen LogP contribution in [-0.2, 0) is 0 Å². The van der Waals surface area contributed by atoms with Crippen molar-refractivity contribution in [2.75, 3.05) is 25.5 Å². The fraction of sp³-hybridized carbons (Fsp3) is 0.600. The average Bonchev–Trinajstić information content (AvgIpc) is 3.14. The molecule has 1 aromatic carbocycles. The molecule has 1 aliphatic rings. The molecule has 100 valence electrons. The number of halogens is 1. The van der Waals surface area contributed by atoms with Crippen LogP contribution < -0.4 is 10.2 Å². The van der Waals surface area contributed by atoms with Crippen LogP contribution in [0.4, 0.5) is 10.1 Å². The molecule has 0 aromatic heterocycles. The number of benzene rings is 1. The van der Waals surface area contributed by atoms with E-state index in [1.165, 1.54) is 12.8 Å². The molecule has 1 saturated carbocycles. The second kappa shape index (κ2) is 5.27. The van der Waals surface area contributed by atoms with Gasteiger partial charge in [0.05, 0.1) is 0 Å². The van der Waals surface area contributed by atoms with Gasteiger partial charge in [0, 0.05) is 25.3 Å². The lowest BCUT2D eigenvalue weighted by molar-refractivity contribution is 0.599. The second-order valence-electron chi connectivity index (χ2n) is 5.49. The zero-order chi connectivity index (χ0) is 13.3. The van der Waals surface area contributed by atoms with E-state index in [0.29, 0.717) is 0 Å². The van der Waals surface area contributed by atoms with Gasteiger partial charge in [-0.05, 0) is 62.9 Å². The quantitative estimate of drug-likeness (QED) is 0.863. The van der Waals surface area contributed by atoms with Gasteiger partial charge in [-0.2, -0.15) is 0 Å². The van der Waals surface area contributed by atoms with Crippen LogP contribution in [0.25, 0.3) is 0 Å². The predicted molar refractivity (Wildman–Crippen MR) is 74.6 cm³/mol. The highest BCUT2D eigenvalue weighted by molar-refractivity contribution is 5.56. The zero-order valence-corrected chi connectivity index (χ0v) is 11.8. The smallest absolute Gasteiger partial charge is 0.126 e. The van der Waals surface area contributed by atoms with E-state index in [1.807, 2.05) is 20.0 Å². The third-order valence-corrected chi connectivity index (χ3v) is 3.85. The number of hydrogen-bond donors (Lipinski definition) is 1. The number of nitrogens with one attached hydrogen (secondary N) is 1. The van der Waals surface area contributed by atoms with Crippen molar-refractivity contribution < 1.29 is 4.39 Å². The number of nitrogens with zero attached hydrogens (tertiary/aromatic N) is 1. The molecule has 0 heterocycles. The van der Waals surface area contributed by atoms with E-state index < -0.39 is 0 Å². The number of hydrogen-bond acceptors (Lipinski definition) is 2. The maximum absolute atomic E-state index is 13.7. The van der Waals surface area contributed by atoms with Crippen LogP contribution in [0, 0.1) is 18.7 Å². The standard InChI is InChI=1S/C15H23FN2/c1-10-7-15(18(4)9-12-5-6-12)13(8-14(10)16)11(2)17-3/h7-8,11-12,17H,5-6,9H2,1-4H3. The highest BCUT2D eigenvalue weighted by Crippen LogP contribution is 2.34. The van der Waals surface area contributed by atoms with Crippen molar-refractivity contribution in [1.29, 1.82) is 0 Å². The SMILES string of the molecule is CNC(C)c1cc(F)c(C)cc1N(C)CC1CC1. The Hall–Kier alpha value is -1.09. The molecule has 0 bridgehead atoms. The van der Waals surface area contributed by atoms with E-state index in [4.69, 9.17) is 0 Å². The summed E-state index contributed by atoms with van der Waals surface area (Å²) in [4.78, 5) is 2.27. The number of anilines is 1. The monoisotopic (exact) mass is 250 g/mol. The Kier molecular flexibility index (Phi) is 3.91. The summed E-state index contributed by atoms with van der Waals surface area (Å²) in [6.45, 7) is 4.98. The van der Waals surface area contributed by atoms with Crippen LogP contribution >= 0.6 is 0 Å². The van der Waals surface area contributed by atoms with Crippen molar-refractivity contribution in [2.24, 2.45) is 5.92 Å². The van der Waals surface area contributed by atoms with E-state index in [9.17, 15) is 4.39 Å². The molecule has 2 nitrogen and oxygen atoms in total. The molecule has 0 radical (unpaired) electrons. The lowest BCUT2D eigenvalue weighted by Gasteiger charge is -2.26. The maximum atomic E-state index is 13.7. The first kappa shape index (κ1) is 13.3. The highest BCUT2D eigenvalue weighted by atomic mass is 19.1. The Morgan fingerprint density at radius 1 is 1.44 bits per heavy atom. The van der Waals surface area contributed by atoms with Gasteiger partial charge in [-0.15, -0.1) is 0 Å². The van der Waals surface area contributed by atoms with E-state index in [2.05, 4.69) is 24.2 Å². The fourth-order valence-corrected chi connectivity index (χ4v) is 2.30. The molecule has 1 atom stereocenters. The number of rotatable bonds is 5. The van der Waals surface area contributed by atoms with Gasteiger partial charge in [-0.1, -0.05) is 0 Å². The first-order valence-electron chi connectivity index (χ1n) is 6.71. The van der Waals surface area contributed by atoms with E-state index in [-0.39, 0.29) is 11.9 Å². The molecule has 18 heavy (non-hydrogen) atoms. The lowest BCUT2D eigenvalue weighted by atomic mass is 10.0. The van der Waals surface area contributed by atoms with Gasteiger partial charge in [0.2, 0.25) is 0 Å². The molecule has 1 unspecified atom stereocenters. The minimum absolute atomic E-state index is 0.115. The van der Waals surface area contributed by atoms with Crippen molar-refractivity contribution >= 4 is 5.69 Å². The molecule has 0 aliphatic heterocycles. The molecule has 3 heteroatoms. The summed E-state index contributed by atoms with van der Waals surface area (Å²) in [6.07, 6.45) is 2.67. The van der Waals surface area contributed by atoms with Crippen LogP contribution in [-0.4, -0.2) is 20.6 Å². The van der Waals surface area contributed by atoms with Crippen LogP contribution in [0.1, 0.15) is 36.9 Å². The Bertz CT molecular complexity index is 427. The largest absolute Gasteiger partial charge is 0.374 e. The third kappa shape index (κ3) is 2.83. The highest BCUT2D eigenvalue weighted by Gasteiger charge is 2.24.